The van der Waals surface area contributed by atoms with E-state index in [1.807, 2.05) is 29.5 Å². The minimum Gasteiger partial charge on any atom is -0.497 e. The Balaban J connectivity index is 0.000000383. The summed E-state index contributed by atoms with van der Waals surface area (Å²) in [4.78, 5) is 22.4. The van der Waals surface area contributed by atoms with Crippen LogP contribution >= 0.6 is 0 Å². The number of carboxylic acids is 2. The summed E-state index contributed by atoms with van der Waals surface area (Å²) >= 11 is 0. The third kappa shape index (κ3) is 8.71. The predicted molar refractivity (Wildman–Crippen MR) is 111 cm³/mol. The van der Waals surface area contributed by atoms with Gasteiger partial charge < -0.3 is 25.4 Å². The summed E-state index contributed by atoms with van der Waals surface area (Å²) in [5.74, 6) is -3.49. The SMILES string of the molecule is COc1ccc2c(c1)nc(OCCCCN)c1nnc(C)n12.O=C(O)C(F)(F)F.O=C(O)C(F)(F)F. The molecule has 0 atom stereocenters. The number of hydrogen-bond acceptors (Lipinski definition) is 8. The normalized spacial score (nSPS) is 11.2. The number of aromatic nitrogens is 4. The van der Waals surface area contributed by atoms with Crippen LogP contribution in [0.2, 0.25) is 0 Å². The minimum absolute atomic E-state index is 0.485. The molecule has 0 unspecified atom stereocenters. The number of unbranched alkanes of at least 4 members (excludes halogenated alkanes) is 1. The van der Waals surface area contributed by atoms with Gasteiger partial charge in [0, 0.05) is 6.07 Å². The van der Waals surface area contributed by atoms with Crippen LogP contribution < -0.4 is 15.2 Å². The summed E-state index contributed by atoms with van der Waals surface area (Å²) in [6.45, 7) is 3.12. The maximum atomic E-state index is 10.6. The summed E-state index contributed by atoms with van der Waals surface area (Å²) in [5.41, 5.74) is 7.83. The van der Waals surface area contributed by atoms with Gasteiger partial charge in [-0.1, -0.05) is 0 Å². The first-order valence-corrected chi connectivity index (χ1v) is 9.76. The van der Waals surface area contributed by atoms with Crippen molar-refractivity contribution in [3.63, 3.8) is 0 Å². The van der Waals surface area contributed by atoms with E-state index < -0.39 is 24.3 Å². The number of fused-ring (bicyclic) bond motifs is 3. The van der Waals surface area contributed by atoms with E-state index in [-0.39, 0.29) is 0 Å². The molecule has 0 saturated heterocycles. The van der Waals surface area contributed by atoms with E-state index in [9.17, 15) is 26.3 Å². The van der Waals surface area contributed by atoms with Crippen LogP contribution in [0.4, 0.5) is 26.3 Å². The Morgan fingerprint density at radius 1 is 1.03 bits per heavy atom. The molecule has 0 aliphatic heterocycles. The summed E-state index contributed by atoms with van der Waals surface area (Å²) < 4.78 is 76.5. The lowest BCUT2D eigenvalue weighted by Gasteiger charge is -2.10. The molecule has 0 fully saturated rings. The van der Waals surface area contributed by atoms with Gasteiger partial charge in [0.2, 0.25) is 5.65 Å². The number of methoxy groups -OCH3 is 1. The molecule has 0 saturated carbocycles. The average Bonchev–Trinajstić information content (AvgIpc) is 3.17. The highest BCUT2D eigenvalue weighted by atomic mass is 19.4. The van der Waals surface area contributed by atoms with E-state index in [4.69, 9.17) is 35.0 Å². The zero-order chi connectivity index (χ0) is 27.7. The number of carboxylic acid groups (broad SMARTS) is 2. The number of benzene rings is 1. The molecule has 0 spiro atoms. The Bertz CT molecular complexity index is 1160. The smallest absolute Gasteiger partial charge is 0.490 e. The number of alkyl halides is 6. The molecular formula is C19H21F6N5O6. The van der Waals surface area contributed by atoms with Gasteiger partial charge >= 0.3 is 24.3 Å². The topological polar surface area (TPSA) is 162 Å². The van der Waals surface area contributed by atoms with E-state index in [0.717, 1.165) is 35.4 Å². The number of aryl methyl sites for hydroxylation is 1. The van der Waals surface area contributed by atoms with Gasteiger partial charge in [-0.15, -0.1) is 10.2 Å². The van der Waals surface area contributed by atoms with Crippen molar-refractivity contribution in [1.29, 1.82) is 0 Å². The van der Waals surface area contributed by atoms with E-state index in [1.54, 1.807) is 7.11 Å². The van der Waals surface area contributed by atoms with Gasteiger partial charge in [0.25, 0.3) is 5.88 Å². The van der Waals surface area contributed by atoms with Gasteiger partial charge in [0.1, 0.15) is 11.6 Å². The number of ether oxygens (including phenoxy) is 2. The molecule has 0 amide bonds. The van der Waals surface area contributed by atoms with E-state index in [0.29, 0.717) is 24.7 Å². The van der Waals surface area contributed by atoms with Crippen molar-refractivity contribution in [2.75, 3.05) is 20.3 Å². The summed E-state index contributed by atoms with van der Waals surface area (Å²) in [6.07, 6.45) is -8.36. The van der Waals surface area contributed by atoms with Gasteiger partial charge in [-0.3, -0.25) is 4.40 Å². The largest absolute Gasteiger partial charge is 0.497 e. The van der Waals surface area contributed by atoms with Crippen molar-refractivity contribution in [3.05, 3.63) is 24.0 Å². The molecule has 200 valence electrons. The van der Waals surface area contributed by atoms with Crippen molar-refractivity contribution < 1.29 is 55.6 Å². The van der Waals surface area contributed by atoms with Gasteiger partial charge in [-0.2, -0.15) is 26.3 Å². The third-order valence-corrected chi connectivity index (χ3v) is 3.98. The van der Waals surface area contributed by atoms with E-state index in [1.165, 1.54) is 0 Å². The minimum atomic E-state index is -5.08. The second kappa shape index (κ2) is 12.7. The van der Waals surface area contributed by atoms with Gasteiger partial charge in [-0.05, 0) is 38.4 Å². The maximum absolute atomic E-state index is 10.6. The van der Waals surface area contributed by atoms with Crippen LogP contribution in [0.5, 0.6) is 11.6 Å². The zero-order valence-corrected chi connectivity index (χ0v) is 18.7. The Hall–Kier alpha value is -3.89. The number of carbonyl (C=O) groups is 2. The average molecular weight is 529 g/mol. The molecule has 0 bridgehead atoms. The summed E-state index contributed by atoms with van der Waals surface area (Å²) in [6, 6.07) is 5.72. The van der Waals surface area contributed by atoms with Gasteiger partial charge in [0.05, 0.1) is 24.8 Å². The Morgan fingerprint density at radius 3 is 2.06 bits per heavy atom. The van der Waals surface area contributed by atoms with E-state index >= 15 is 0 Å². The van der Waals surface area contributed by atoms with Gasteiger partial charge in [0.15, 0.2) is 0 Å². The summed E-state index contributed by atoms with van der Waals surface area (Å²) in [7, 11) is 1.63. The molecule has 36 heavy (non-hydrogen) atoms. The predicted octanol–water partition coefficient (Wildman–Crippen LogP) is 2.98. The molecular weight excluding hydrogens is 508 g/mol. The highest BCUT2D eigenvalue weighted by Gasteiger charge is 2.38. The fourth-order valence-electron chi connectivity index (χ4n) is 2.37. The van der Waals surface area contributed by atoms with Crippen molar-refractivity contribution in [2.45, 2.75) is 32.1 Å². The van der Waals surface area contributed by atoms with Crippen molar-refractivity contribution in [1.82, 2.24) is 19.6 Å². The number of rotatable bonds is 6. The number of aliphatic carboxylic acids is 2. The number of nitrogens with zero attached hydrogens (tertiary/aromatic N) is 4. The molecule has 4 N–H and O–H groups in total. The van der Waals surface area contributed by atoms with E-state index in [2.05, 4.69) is 15.2 Å². The fraction of sp³-hybridized carbons (Fsp3) is 0.421. The first kappa shape index (κ1) is 30.1. The standard InChI is InChI=1S/C15H19N5O2.2C2HF3O2/c1-10-18-19-14-15(22-8-4-3-7-16)17-12-9-11(21-2)5-6-13(12)20(10)14;2*3-2(4,5)1(6)7/h5-6,9H,3-4,7-8,16H2,1-2H3;2*(H,6,7). The Morgan fingerprint density at radius 2 is 1.58 bits per heavy atom. The molecule has 2 aromatic heterocycles. The van der Waals surface area contributed by atoms with Crippen LogP contribution in [0.1, 0.15) is 18.7 Å². The number of hydrogen-bond donors (Lipinski definition) is 3. The third-order valence-electron chi connectivity index (χ3n) is 3.98. The molecule has 2 heterocycles. The Kier molecular flexibility index (Phi) is 10.6. The fourth-order valence-corrected chi connectivity index (χ4v) is 2.37. The monoisotopic (exact) mass is 529 g/mol. The highest BCUT2D eigenvalue weighted by Crippen LogP contribution is 2.26. The van der Waals surface area contributed by atoms with Crippen LogP contribution in [-0.2, 0) is 9.59 Å². The molecule has 0 radical (unpaired) electrons. The molecule has 17 heteroatoms. The van der Waals surface area contributed by atoms with Crippen LogP contribution in [0.15, 0.2) is 18.2 Å². The van der Waals surface area contributed by atoms with Crippen LogP contribution in [0, 0.1) is 6.92 Å². The molecule has 3 aromatic rings. The number of nitrogens with two attached hydrogens (primary N) is 1. The first-order chi connectivity index (χ1) is 16.6. The second-order valence-electron chi connectivity index (χ2n) is 6.63. The van der Waals surface area contributed by atoms with Crippen LogP contribution in [0.25, 0.3) is 16.7 Å². The second-order valence-corrected chi connectivity index (χ2v) is 6.63. The molecule has 3 rings (SSSR count). The van der Waals surface area contributed by atoms with Crippen molar-refractivity contribution in [3.8, 4) is 11.6 Å². The lowest BCUT2D eigenvalue weighted by Crippen LogP contribution is -2.21. The first-order valence-electron chi connectivity index (χ1n) is 9.76. The maximum Gasteiger partial charge on any atom is 0.490 e. The lowest BCUT2D eigenvalue weighted by atomic mass is 10.2. The summed E-state index contributed by atoms with van der Waals surface area (Å²) in [5, 5.41) is 22.6. The Labute approximate surface area is 198 Å². The highest BCUT2D eigenvalue weighted by molar-refractivity contribution is 5.81. The molecule has 0 aliphatic rings. The zero-order valence-electron chi connectivity index (χ0n) is 18.7. The molecule has 0 aliphatic carbocycles. The number of halogens is 6. The van der Waals surface area contributed by atoms with Crippen molar-refractivity contribution in [2.24, 2.45) is 5.73 Å². The van der Waals surface area contributed by atoms with Crippen LogP contribution in [-0.4, -0.2) is 74.3 Å². The molecule has 11 nitrogen and oxygen atoms in total. The molecule has 1 aromatic carbocycles. The quantitative estimate of drug-likeness (QED) is 0.320. The lowest BCUT2D eigenvalue weighted by molar-refractivity contribution is -0.193. The van der Waals surface area contributed by atoms with Crippen molar-refractivity contribution >= 4 is 28.6 Å². The van der Waals surface area contributed by atoms with Gasteiger partial charge in [-0.25, -0.2) is 14.6 Å². The van der Waals surface area contributed by atoms with Crippen LogP contribution in [0.3, 0.4) is 0 Å².